The SMILES string of the molecule is CN1CCN(CC(=O)N(C)CCC(N)=S)CC1. The predicted molar refractivity (Wildman–Crippen MR) is 73.0 cm³/mol. The van der Waals surface area contributed by atoms with Gasteiger partial charge in [-0.25, -0.2) is 0 Å². The van der Waals surface area contributed by atoms with E-state index < -0.39 is 0 Å². The summed E-state index contributed by atoms with van der Waals surface area (Å²) in [5.41, 5.74) is 5.42. The molecule has 0 saturated carbocycles. The first-order chi connectivity index (χ1) is 7.99. The molecule has 0 unspecified atom stereocenters. The minimum Gasteiger partial charge on any atom is -0.393 e. The standard InChI is InChI=1S/C11H22N4OS/c1-13-5-7-15(8-6-13)9-11(16)14(2)4-3-10(12)17/h3-9H2,1-2H3,(H2,12,17). The number of thiocarbonyl (C=S) groups is 1. The Morgan fingerprint density at radius 3 is 2.47 bits per heavy atom. The number of carbonyl (C=O) groups is 1. The fourth-order valence-corrected chi connectivity index (χ4v) is 1.81. The zero-order valence-corrected chi connectivity index (χ0v) is 11.5. The highest BCUT2D eigenvalue weighted by Crippen LogP contribution is 2.00. The van der Waals surface area contributed by atoms with Crippen molar-refractivity contribution in [1.29, 1.82) is 0 Å². The molecule has 1 saturated heterocycles. The molecule has 6 heteroatoms. The van der Waals surface area contributed by atoms with Gasteiger partial charge in [-0.2, -0.15) is 0 Å². The molecule has 17 heavy (non-hydrogen) atoms. The van der Waals surface area contributed by atoms with Gasteiger partial charge in [0.2, 0.25) is 5.91 Å². The van der Waals surface area contributed by atoms with Gasteiger partial charge in [0.25, 0.3) is 0 Å². The quantitative estimate of drug-likeness (QED) is 0.665. The van der Waals surface area contributed by atoms with Crippen LogP contribution in [0.25, 0.3) is 0 Å². The maximum atomic E-state index is 11.9. The van der Waals surface area contributed by atoms with Gasteiger partial charge in [-0.1, -0.05) is 12.2 Å². The second-order valence-electron chi connectivity index (χ2n) is 4.61. The minimum absolute atomic E-state index is 0.144. The maximum absolute atomic E-state index is 11.9. The molecule has 0 radical (unpaired) electrons. The average Bonchev–Trinajstić information content (AvgIpc) is 2.28. The van der Waals surface area contributed by atoms with Crippen LogP contribution >= 0.6 is 12.2 Å². The van der Waals surface area contributed by atoms with Crippen molar-refractivity contribution < 1.29 is 4.79 Å². The van der Waals surface area contributed by atoms with E-state index in [0.29, 0.717) is 24.5 Å². The van der Waals surface area contributed by atoms with Crippen LogP contribution < -0.4 is 5.73 Å². The van der Waals surface area contributed by atoms with Gasteiger partial charge in [0, 0.05) is 46.2 Å². The fourth-order valence-electron chi connectivity index (χ4n) is 1.72. The van der Waals surface area contributed by atoms with E-state index in [9.17, 15) is 4.79 Å². The summed E-state index contributed by atoms with van der Waals surface area (Å²) in [4.78, 5) is 18.5. The van der Waals surface area contributed by atoms with E-state index in [1.807, 2.05) is 0 Å². The van der Waals surface area contributed by atoms with Crippen LogP contribution in [0.5, 0.6) is 0 Å². The minimum atomic E-state index is 0.144. The molecular weight excluding hydrogens is 236 g/mol. The van der Waals surface area contributed by atoms with Gasteiger partial charge < -0.3 is 15.5 Å². The third-order valence-electron chi connectivity index (χ3n) is 3.07. The molecule has 0 aliphatic carbocycles. The molecule has 0 bridgehead atoms. The Morgan fingerprint density at radius 1 is 1.35 bits per heavy atom. The summed E-state index contributed by atoms with van der Waals surface area (Å²) >= 11 is 4.80. The molecule has 0 atom stereocenters. The number of hydrogen-bond acceptors (Lipinski definition) is 4. The molecule has 1 amide bonds. The summed E-state index contributed by atoms with van der Waals surface area (Å²) in [5, 5.41) is 0. The normalized spacial score (nSPS) is 18.0. The van der Waals surface area contributed by atoms with E-state index in [2.05, 4.69) is 16.8 Å². The summed E-state index contributed by atoms with van der Waals surface area (Å²) < 4.78 is 0. The second kappa shape index (κ2) is 6.88. The van der Waals surface area contributed by atoms with Gasteiger partial charge in [-0.15, -0.1) is 0 Å². The van der Waals surface area contributed by atoms with Crippen LogP contribution in [-0.4, -0.2) is 79.0 Å². The summed E-state index contributed by atoms with van der Waals surface area (Å²) in [6, 6.07) is 0. The monoisotopic (exact) mass is 258 g/mol. The van der Waals surface area contributed by atoms with Crippen molar-refractivity contribution in [3.8, 4) is 0 Å². The summed E-state index contributed by atoms with van der Waals surface area (Å²) in [6.07, 6.45) is 0.598. The first kappa shape index (κ1) is 14.3. The number of piperazine rings is 1. The summed E-state index contributed by atoms with van der Waals surface area (Å²) in [5.74, 6) is 0.144. The number of carbonyl (C=O) groups excluding carboxylic acids is 1. The van der Waals surface area contributed by atoms with Crippen LogP contribution in [0, 0.1) is 0 Å². The van der Waals surface area contributed by atoms with Gasteiger partial charge in [-0.05, 0) is 7.05 Å². The van der Waals surface area contributed by atoms with E-state index >= 15 is 0 Å². The Balaban J connectivity index is 2.25. The van der Waals surface area contributed by atoms with Gasteiger partial charge in [-0.3, -0.25) is 9.69 Å². The van der Waals surface area contributed by atoms with E-state index in [1.165, 1.54) is 0 Å². The molecule has 2 N–H and O–H groups in total. The highest BCUT2D eigenvalue weighted by atomic mass is 32.1. The Bertz CT molecular complexity index is 277. The first-order valence-electron chi connectivity index (χ1n) is 5.92. The van der Waals surface area contributed by atoms with Crippen molar-refractivity contribution in [1.82, 2.24) is 14.7 Å². The van der Waals surface area contributed by atoms with Crippen molar-refractivity contribution in [3.05, 3.63) is 0 Å². The fraction of sp³-hybridized carbons (Fsp3) is 0.818. The number of nitrogens with zero attached hydrogens (tertiary/aromatic N) is 3. The van der Waals surface area contributed by atoms with Crippen molar-refractivity contribution >= 4 is 23.1 Å². The van der Waals surface area contributed by atoms with Crippen LogP contribution in [0.15, 0.2) is 0 Å². The van der Waals surface area contributed by atoms with Gasteiger partial charge in [0.1, 0.15) is 0 Å². The lowest BCUT2D eigenvalue weighted by Gasteiger charge is -2.32. The van der Waals surface area contributed by atoms with Crippen LogP contribution in [0.1, 0.15) is 6.42 Å². The highest BCUT2D eigenvalue weighted by Gasteiger charge is 2.18. The van der Waals surface area contributed by atoms with Crippen molar-refractivity contribution in [2.75, 3.05) is 53.4 Å². The van der Waals surface area contributed by atoms with E-state index in [-0.39, 0.29) is 5.91 Å². The topological polar surface area (TPSA) is 52.8 Å². The van der Waals surface area contributed by atoms with E-state index in [4.69, 9.17) is 18.0 Å². The van der Waals surface area contributed by atoms with Crippen molar-refractivity contribution in [2.45, 2.75) is 6.42 Å². The molecule has 5 nitrogen and oxygen atoms in total. The molecule has 98 valence electrons. The predicted octanol–water partition coefficient (Wildman–Crippen LogP) is -0.632. The zero-order chi connectivity index (χ0) is 12.8. The third-order valence-corrected chi connectivity index (χ3v) is 3.28. The molecular formula is C11H22N4OS. The molecule has 0 aromatic heterocycles. The molecule has 1 fully saturated rings. The average molecular weight is 258 g/mol. The van der Waals surface area contributed by atoms with Crippen LogP contribution in [0.3, 0.4) is 0 Å². The van der Waals surface area contributed by atoms with Gasteiger partial charge in [0.05, 0.1) is 11.5 Å². The Hall–Kier alpha value is -0.720. The van der Waals surface area contributed by atoms with Crippen LogP contribution in [0.4, 0.5) is 0 Å². The maximum Gasteiger partial charge on any atom is 0.236 e. The number of hydrogen-bond donors (Lipinski definition) is 1. The largest absolute Gasteiger partial charge is 0.393 e. The first-order valence-corrected chi connectivity index (χ1v) is 6.33. The number of amides is 1. The summed E-state index contributed by atoms with van der Waals surface area (Å²) in [7, 11) is 3.91. The van der Waals surface area contributed by atoms with Crippen molar-refractivity contribution in [3.63, 3.8) is 0 Å². The van der Waals surface area contributed by atoms with Crippen molar-refractivity contribution in [2.24, 2.45) is 5.73 Å². The molecule has 0 aromatic carbocycles. The number of likely N-dealkylation sites (N-methyl/N-ethyl adjacent to an activating group) is 2. The lowest BCUT2D eigenvalue weighted by atomic mass is 10.3. The van der Waals surface area contributed by atoms with E-state index in [1.54, 1.807) is 11.9 Å². The zero-order valence-electron chi connectivity index (χ0n) is 10.7. The smallest absolute Gasteiger partial charge is 0.236 e. The van der Waals surface area contributed by atoms with Gasteiger partial charge >= 0.3 is 0 Å². The molecule has 1 rings (SSSR count). The lowest BCUT2D eigenvalue weighted by molar-refractivity contribution is -0.131. The third kappa shape index (κ3) is 5.43. The van der Waals surface area contributed by atoms with Crippen LogP contribution in [-0.2, 0) is 4.79 Å². The Labute approximate surface area is 109 Å². The molecule has 0 spiro atoms. The second-order valence-corrected chi connectivity index (χ2v) is 5.14. The lowest BCUT2D eigenvalue weighted by Crippen LogP contribution is -2.48. The molecule has 1 aliphatic rings. The Kier molecular flexibility index (Phi) is 5.80. The number of rotatable bonds is 5. The molecule has 0 aromatic rings. The van der Waals surface area contributed by atoms with Crippen LogP contribution in [0.2, 0.25) is 0 Å². The van der Waals surface area contributed by atoms with Gasteiger partial charge in [0.15, 0.2) is 0 Å². The molecule has 1 heterocycles. The Morgan fingerprint density at radius 2 is 1.94 bits per heavy atom. The summed E-state index contributed by atoms with van der Waals surface area (Å²) in [6.45, 7) is 5.11. The molecule has 1 aliphatic heterocycles. The highest BCUT2D eigenvalue weighted by molar-refractivity contribution is 7.80. The number of nitrogens with two attached hydrogens (primary N) is 1. The van der Waals surface area contributed by atoms with E-state index in [0.717, 1.165) is 26.2 Å².